The van der Waals surface area contributed by atoms with Crippen LogP contribution in [-0.4, -0.2) is 128 Å². The third kappa shape index (κ3) is 4.54. The second-order valence-electron chi connectivity index (χ2n) is 9.13. The van der Waals surface area contributed by atoms with Gasteiger partial charge in [0.25, 0.3) is 0 Å². The lowest BCUT2D eigenvalue weighted by Crippen LogP contribution is -2.69. The van der Waals surface area contributed by atoms with E-state index >= 15 is 0 Å². The van der Waals surface area contributed by atoms with Crippen molar-refractivity contribution >= 4 is 0 Å². The zero-order valence-corrected chi connectivity index (χ0v) is 17.6. The highest BCUT2D eigenvalue weighted by atomic mass is 16.5. The van der Waals surface area contributed by atoms with E-state index < -0.39 is 73.4 Å². The molecule has 0 aromatic rings. The highest BCUT2D eigenvalue weighted by Crippen LogP contribution is 2.40. The standard InChI is InChI=1S/C20H37NO9/c1-9-13(23)6-15(30-20(9)18(27)14(24)7-22)10-3-4-21-11(5-10)16(25)19(28)17(26)12(21)8-29-2/h9-20,22-28H,3-8H2,1-2H3/t9-,10?,11?,12+,13-,14-,15+,16+,17+,18-,19+,20?/m1/s1. The van der Waals surface area contributed by atoms with Crippen molar-refractivity contribution in [2.75, 3.05) is 26.9 Å². The summed E-state index contributed by atoms with van der Waals surface area (Å²) in [5, 5.41) is 71.2. The van der Waals surface area contributed by atoms with Crippen molar-refractivity contribution in [2.45, 2.75) is 87.1 Å². The van der Waals surface area contributed by atoms with Gasteiger partial charge in [0.1, 0.15) is 24.4 Å². The lowest BCUT2D eigenvalue weighted by Gasteiger charge is -2.54. The molecule has 10 nitrogen and oxygen atoms in total. The Balaban J connectivity index is 1.73. The minimum atomic E-state index is -1.36. The van der Waals surface area contributed by atoms with Crippen LogP contribution in [0.4, 0.5) is 0 Å². The predicted octanol–water partition coefficient (Wildman–Crippen LogP) is -2.95. The SMILES string of the molecule is COC[C@H]1[C@H](O)[C@@H](O)[C@@H](O)C2CC([C@@H]3C[C@@H](O)[C@@H](C)C([C@H](O)[C@H](O)CO)O3)CCN21. The quantitative estimate of drug-likeness (QED) is 0.229. The van der Waals surface area contributed by atoms with Gasteiger partial charge in [0, 0.05) is 25.5 Å². The average molecular weight is 436 g/mol. The largest absolute Gasteiger partial charge is 0.394 e. The fourth-order valence-electron chi connectivity index (χ4n) is 5.42. The van der Waals surface area contributed by atoms with E-state index in [9.17, 15) is 30.6 Å². The zero-order chi connectivity index (χ0) is 22.2. The molecule has 3 fully saturated rings. The van der Waals surface area contributed by atoms with Crippen molar-refractivity contribution in [3.05, 3.63) is 0 Å². The van der Waals surface area contributed by atoms with E-state index in [1.165, 1.54) is 7.11 Å². The normalized spacial score (nSPS) is 47.5. The number of ether oxygens (including phenoxy) is 2. The summed E-state index contributed by atoms with van der Waals surface area (Å²) in [4.78, 5) is 1.98. The zero-order valence-electron chi connectivity index (χ0n) is 17.6. The van der Waals surface area contributed by atoms with Gasteiger partial charge in [0.2, 0.25) is 0 Å². The van der Waals surface area contributed by atoms with Crippen molar-refractivity contribution in [3.63, 3.8) is 0 Å². The number of hydrogen-bond acceptors (Lipinski definition) is 10. The molecular weight excluding hydrogens is 398 g/mol. The summed E-state index contributed by atoms with van der Waals surface area (Å²) < 4.78 is 11.3. The van der Waals surface area contributed by atoms with Crippen LogP contribution in [0.15, 0.2) is 0 Å². The first-order chi connectivity index (χ1) is 14.2. The summed E-state index contributed by atoms with van der Waals surface area (Å²) in [7, 11) is 1.52. The number of hydrogen-bond donors (Lipinski definition) is 7. The van der Waals surface area contributed by atoms with E-state index in [-0.39, 0.29) is 12.5 Å². The van der Waals surface area contributed by atoms with Crippen LogP contribution in [0.1, 0.15) is 26.2 Å². The topological polar surface area (TPSA) is 163 Å². The number of methoxy groups -OCH3 is 1. The number of aliphatic hydroxyl groups excluding tert-OH is 7. The van der Waals surface area contributed by atoms with E-state index in [0.717, 1.165) is 0 Å². The smallest absolute Gasteiger partial charge is 0.109 e. The van der Waals surface area contributed by atoms with Gasteiger partial charge in [-0.1, -0.05) is 6.92 Å². The molecule has 176 valence electrons. The van der Waals surface area contributed by atoms with Gasteiger partial charge in [-0.2, -0.15) is 0 Å². The molecule has 0 amide bonds. The van der Waals surface area contributed by atoms with E-state index in [0.29, 0.717) is 25.8 Å². The number of nitrogens with zero attached hydrogens (tertiary/aromatic N) is 1. The fourth-order valence-corrected chi connectivity index (χ4v) is 5.42. The summed E-state index contributed by atoms with van der Waals surface area (Å²) in [6.07, 6.45) is -6.64. The maximum Gasteiger partial charge on any atom is 0.109 e. The molecule has 0 saturated carbocycles. The number of fused-ring (bicyclic) bond motifs is 1. The molecule has 7 N–H and O–H groups in total. The van der Waals surface area contributed by atoms with E-state index in [2.05, 4.69) is 0 Å². The maximum absolute atomic E-state index is 10.6. The molecule has 3 aliphatic rings. The summed E-state index contributed by atoms with van der Waals surface area (Å²) in [5.74, 6) is -0.462. The summed E-state index contributed by atoms with van der Waals surface area (Å²) in [6, 6.07) is -0.819. The van der Waals surface area contributed by atoms with Gasteiger partial charge in [0.15, 0.2) is 0 Å². The van der Waals surface area contributed by atoms with Crippen molar-refractivity contribution < 1.29 is 45.2 Å². The van der Waals surface area contributed by atoms with Crippen molar-refractivity contribution in [3.8, 4) is 0 Å². The maximum atomic E-state index is 10.6. The van der Waals surface area contributed by atoms with Crippen molar-refractivity contribution in [1.82, 2.24) is 4.90 Å². The number of aliphatic hydroxyl groups is 7. The molecular formula is C20H37NO9. The minimum absolute atomic E-state index is 0.0466. The third-order valence-corrected chi connectivity index (χ3v) is 7.35. The molecule has 0 aliphatic carbocycles. The first-order valence-corrected chi connectivity index (χ1v) is 10.8. The Labute approximate surface area is 176 Å². The molecule has 3 unspecified atom stereocenters. The molecule has 0 radical (unpaired) electrons. The molecule has 3 rings (SSSR count). The molecule has 3 saturated heterocycles. The van der Waals surface area contributed by atoms with Crippen LogP contribution in [0.2, 0.25) is 0 Å². The summed E-state index contributed by atoms with van der Waals surface area (Å²) in [6.45, 7) is 1.92. The molecule has 3 heterocycles. The monoisotopic (exact) mass is 435 g/mol. The van der Waals surface area contributed by atoms with Crippen LogP contribution in [0.5, 0.6) is 0 Å². The summed E-state index contributed by atoms with van der Waals surface area (Å²) in [5.41, 5.74) is 0. The van der Waals surface area contributed by atoms with Crippen LogP contribution in [0.3, 0.4) is 0 Å². The van der Waals surface area contributed by atoms with Gasteiger partial charge in [-0.15, -0.1) is 0 Å². The molecule has 0 aromatic carbocycles. The van der Waals surface area contributed by atoms with E-state index in [1.54, 1.807) is 6.92 Å². The van der Waals surface area contributed by atoms with Crippen molar-refractivity contribution in [1.29, 1.82) is 0 Å². The van der Waals surface area contributed by atoms with Gasteiger partial charge in [0.05, 0.1) is 43.7 Å². The average Bonchev–Trinajstić information content (AvgIpc) is 2.75. The highest BCUT2D eigenvalue weighted by Gasteiger charge is 2.52. The highest BCUT2D eigenvalue weighted by molar-refractivity contribution is 5.04. The first kappa shape index (κ1) is 24.2. The van der Waals surface area contributed by atoms with E-state index in [1.807, 2.05) is 4.90 Å². The second kappa shape index (κ2) is 10.0. The minimum Gasteiger partial charge on any atom is -0.394 e. The van der Waals surface area contributed by atoms with Gasteiger partial charge < -0.3 is 45.2 Å². The van der Waals surface area contributed by atoms with Gasteiger partial charge >= 0.3 is 0 Å². The van der Waals surface area contributed by atoms with Crippen LogP contribution in [0.25, 0.3) is 0 Å². The van der Waals surface area contributed by atoms with Gasteiger partial charge in [-0.05, 0) is 25.3 Å². The Kier molecular flexibility index (Phi) is 8.11. The number of piperidine rings is 2. The van der Waals surface area contributed by atoms with Gasteiger partial charge in [-0.3, -0.25) is 4.90 Å². The molecule has 0 bridgehead atoms. The molecule has 0 aromatic heterocycles. The third-order valence-electron chi connectivity index (χ3n) is 7.35. The molecule has 10 heteroatoms. The Morgan fingerprint density at radius 3 is 2.40 bits per heavy atom. The Morgan fingerprint density at radius 2 is 1.77 bits per heavy atom. The lowest BCUT2D eigenvalue weighted by molar-refractivity contribution is -0.219. The molecule has 12 atom stereocenters. The van der Waals surface area contributed by atoms with Crippen LogP contribution < -0.4 is 0 Å². The van der Waals surface area contributed by atoms with Crippen LogP contribution >= 0.6 is 0 Å². The van der Waals surface area contributed by atoms with Crippen LogP contribution in [-0.2, 0) is 9.47 Å². The molecule has 30 heavy (non-hydrogen) atoms. The predicted molar refractivity (Wildman–Crippen MR) is 104 cm³/mol. The van der Waals surface area contributed by atoms with E-state index in [4.69, 9.17) is 14.6 Å². The Hall–Kier alpha value is -0.400. The number of rotatable bonds is 6. The van der Waals surface area contributed by atoms with Gasteiger partial charge in [-0.25, -0.2) is 0 Å². The second-order valence-corrected chi connectivity index (χ2v) is 9.13. The first-order valence-electron chi connectivity index (χ1n) is 10.8. The molecule has 3 aliphatic heterocycles. The van der Waals surface area contributed by atoms with Crippen LogP contribution in [0, 0.1) is 11.8 Å². The Bertz CT molecular complexity index is 554. The molecule has 0 spiro atoms. The summed E-state index contributed by atoms with van der Waals surface area (Å²) >= 11 is 0. The van der Waals surface area contributed by atoms with Crippen molar-refractivity contribution in [2.24, 2.45) is 11.8 Å². The lowest BCUT2D eigenvalue weighted by atomic mass is 9.75. The Morgan fingerprint density at radius 1 is 1.07 bits per heavy atom. The fraction of sp³-hybridized carbons (Fsp3) is 1.00.